The molecule has 0 aliphatic rings. The van der Waals surface area contributed by atoms with E-state index in [1.807, 2.05) is 0 Å². The second-order valence-corrected chi connectivity index (χ2v) is 4.15. The third-order valence-corrected chi connectivity index (χ3v) is 2.95. The Balaban J connectivity index is 2.40. The smallest absolute Gasteiger partial charge is 0.284 e. The van der Waals surface area contributed by atoms with Crippen LogP contribution in [0, 0.1) is 10.1 Å². The lowest BCUT2D eigenvalue weighted by Crippen LogP contribution is -2.22. The molecule has 0 amide bonds. The summed E-state index contributed by atoms with van der Waals surface area (Å²) in [6.45, 7) is 0. The third kappa shape index (κ3) is 2.46. The Bertz CT molecular complexity index is 599. The Hall–Kier alpha value is -2.42. The van der Waals surface area contributed by atoms with E-state index in [-0.39, 0.29) is 16.1 Å². The number of carbonyl (C=O) groups excluding carboxylic acids is 1. The number of aromatic nitrogens is 3. The van der Waals surface area contributed by atoms with Crippen LogP contribution in [0.5, 0.6) is 0 Å². The molecule has 0 atom stereocenters. The molecular weight excluding hydrogens is 260 g/mol. The SMILES string of the molecule is O=C([O-])c1ccc(Sc2ncn[nH]2)c([N+](=O)[O-])c1. The largest absolute Gasteiger partial charge is 0.545 e. The van der Waals surface area contributed by atoms with E-state index in [0.717, 1.165) is 17.8 Å². The van der Waals surface area contributed by atoms with Crippen molar-refractivity contribution in [1.82, 2.24) is 15.2 Å². The first-order valence-corrected chi connectivity index (χ1v) is 5.42. The van der Waals surface area contributed by atoms with Crippen molar-refractivity contribution in [3.05, 3.63) is 40.2 Å². The highest BCUT2D eigenvalue weighted by Gasteiger charge is 2.17. The molecule has 1 aromatic heterocycles. The zero-order chi connectivity index (χ0) is 13.1. The summed E-state index contributed by atoms with van der Waals surface area (Å²) in [6.07, 6.45) is 1.27. The molecule has 1 aromatic carbocycles. The van der Waals surface area contributed by atoms with Crippen LogP contribution in [-0.2, 0) is 0 Å². The van der Waals surface area contributed by atoms with Gasteiger partial charge in [-0.2, -0.15) is 5.10 Å². The minimum atomic E-state index is -1.46. The van der Waals surface area contributed by atoms with Gasteiger partial charge in [-0.15, -0.1) is 0 Å². The highest BCUT2D eigenvalue weighted by molar-refractivity contribution is 7.99. The molecule has 9 heteroatoms. The van der Waals surface area contributed by atoms with Crippen LogP contribution in [0.1, 0.15) is 10.4 Å². The summed E-state index contributed by atoms with van der Waals surface area (Å²) >= 11 is 0.985. The van der Waals surface area contributed by atoms with Gasteiger partial charge in [0.15, 0.2) is 5.16 Å². The van der Waals surface area contributed by atoms with Gasteiger partial charge in [0.2, 0.25) is 0 Å². The standard InChI is InChI=1S/C9H6N4O4S/c14-8(15)5-1-2-7(6(3-5)13(16)17)18-9-10-4-11-12-9/h1-4H,(H,14,15)(H,10,11,12)/p-1. The summed E-state index contributed by atoms with van der Waals surface area (Å²) in [5.41, 5.74) is -0.568. The number of H-pyrrole nitrogens is 1. The van der Waals surface area contributed by atoms with E-state index < -0.39 is 10.9 Å². The number of aromatic carboxylic acids is 1. The number of nitro benzene ring substituents is 1. The molecule has 0 fully saturated rings. The summed E-state index contributed by atoms with van der Waals surface area (Å²) in [6, 6.07) is 3.52. The van der Waals surface area contributed by atoms with Crippen molar-refractivity contribution < 1.29 is 14.8 Å². The normalized spacial score (nSPS) is 10.2. The quantitative estimate of drug-likeness (QED) is 0.619. The first kappa shape index (κ1) is 12.0. The molecule has 1 N–H and O–H groups in total. The fourth-order valence-electron chi connectivity index (χ4n) is 1.22. The first-order valence-electron chi connectivity index (χ1n) is 4.61. The topological polar surface area (TPSA) is 125 Å². The Morgan fingerprint density at radius 1 is 1.44 bits per heavy atom. The maximum absolute atomic E-state index is 10.9. The zero-order valence-corrected chi connectivity index (χ0v) is 9.51. The number of hydrogen-bond acceptors (Lipinski definition) is 7. The van der Waals surface area contributed by atoms with Crippen LogP contribution in [0.3, 0.4) is 0 Å². The lowest BCUT2D eigenvalue weighted by atomic mass is 10.2. The van der Waals surface area contributed by atoms with Gasteiger partial charge in [-0.05, 0) is 17.8 Å². The fraction of sp³-hybridized carbons (Fsp3) is 0. The Kier molecular flexibility index (Phi) is 3.24. The lowest BCUT2D eigenvalue weighted by Gasteiger charge is -2.04. The number of carboxylic acids is 1. The minimum Gasteiger partial charge on any atom is -0.545 e. The van der Waals surface area contributed by atoms with Crippen LogP contribution in [-0.4, -0.2) is 26.1 Å². The number of carboxylic acid groups (broad SMARTS) is 1. The van der Waals surface area contributed by atoms with E-state index in [1.54, 1.807) is 0 Å². The Labute approximate surface area is 104 Å². The van der Waals surface area contributed by atoms with Crippen molar-refractivity contribution in [2.24, 2.45) is 0 Å². The molecule has 0 aliphatic carbocycles. The van der Waals surface area contributed by atoms with Gasteiger partial charge >= 0.3 is 0 Å². The number of nitro groups is 1. The van der Waals surface area contributed by atoms with Crippen LogP contribution < -0.4 is 5.11 Å². The monoisotopic (exact) mass is 265 g/mol. The Morgan fingerprint density at radius 2 is 2.22 bits per heavy atom. The molecule has 2 rings (SSSR count). The second-order valence-electron chi connectivity index (χ2n) is 3.12. The van der Waals surface area contributed by atoms with Crippen molar-refractivity contribution in [1.29, 1.82) is 0 Å². The second kappa shape index (κ2) is 4.84. The van der Waals surface area contributed by atoms with Gasteiger partial charge in [0.25, 0.3) is 5.69 Å². The maximum atomic E-state index is 10.9. The number of benzene rings is 1. The van der Waals surface area contributed by atoms with Crippen LogP contribution in [0.15, 0.2) is 34.6 Å². The van der Waals surface area contributed by atoms with Crippen LogP contribution in [0.2, 0.25) is 0 Å². The average Bonchev–Trinajstić information content (AvgIpc) is 2.81. The van der Waals surface area contributed by atoms with E-state index in [1.165, 1.54) is 18.5 Å². The number of aromatic amines is 1. The van der Waals surface area contributed by atoms with Gasteiger partial charge in [-0.3, -0.25) is 15.2 Å². The lowest BCUT2D eigenvalue weighted by molar-refractivity contribution is -0.387. The molecule has 8 nitrogen and oxygen atoms in total. The van der Waals surface area contributed by atoms with Crippen molar-refractivity contribution in [2.75, 3.05) is 0 Å². The number of carbonyl (C=O) groups is 1. The van der Waals surface area contributed by atoms with Gasteiger partial charge in [-0.25, -0.2) is 4.98 Å². The molecule has 0 saturated heterocycles. The molecule has 18 heavy (non-hydrogen) atoms. The predicted molar refractivity (Wildman–Crippen MR) is 57.9 cm³/mol. The molecule has 0 saturated carbocycles. The van der Waals surface area contributed by atoms with Gasteiger partial charge in [0.05, 0.1) is 15.8 Å². The maximum Gasteiger partial charge on any atom is 0.284 e. The zero-order valence-electron chi connectivity index (χ0n) is 8.69. The molecule has 0 unspecified atom stereocenters. The summed E-state index contributed by atoms with van der Waals surface area (Å²) in [7, 11) is 0. The van der Waals surface area contributed by atoms with Crippen LogP contribution in [0.4, 0.5) is 5.69 Å². The number of rotatable bonds is 4. The van der Waals surface area contributed by atoms with Gasteiger partial charge in [-0.1, -0.05) is 6.07 Å². The van der Waals surface area contributed by atoms with Gasteiger partial charge < -0.3 is 9.90 Å². The van der Waals surface area contributed by atoms with Gasteiger partial charge in [0.1, 0.15) is 6.33 Å². The van der Waals surface area contributed by atoms with Crippen molar-refractivity contribution >= 4 is 23.4 Å². The summed E-state index contributed by atoms with van der Waals surface area (Å²) in [5.74, 6) is -1.46. The number of nitrogens with one attached hydrogen (secondary N) is 1. The predicted octanol–water partition coefficient (Wildman–Crippen LogP) is 0.228. The molecular formula is C9H5N4O4S-. The number of hydrogen-bond donors (Lipinski definition) is 1. The van der Waals surface area contributed by atoms with Crippen LogP contribution in [0.25, 0.3) is 0 Å². The van der Waals surface area contributed by atoms with Crippen molar-refractivity contribution in [2.45, 2.75) is 10.1 Å². The first-order chi connectivity index (χ1) is 8.58. The molecule has 0 radical (unpaired) electrons. The van der Waals surface area contributed by atoms with E-state index in [2.05, 4.69) is 15.2 Å². The molecule has 1 heterocycles. The molecule has 2 aromatic rings. The average molecular weight is 265 g/mol. The van der Waals surface area contributed by atoms with Gasteiger partial charge in [0, 0.05) is 11.6 Å². The number of nitrogens with zero attached hydrogens (tertiary/aromatic N) is 3. The highest BCUT2D eigenvalue weighted by Crippen LogP contribution is 2.33. The summed E-state index contributed by atoms with van der Waals surface area (Å²) in [5, 5.41) is 28.0. The van der Waals surface area contributed by atoms with Crippen molar-refractivity contribution in [3.8, 4) is 0 Å². The summed E-state index contributed by atoms with van der Waals surface area (Å²) in [4.78, 5) is 24.9. The van der Waals surface area contributed by atoms with E-state index in [0.29, 0.717) is 5.16 Å². The van der Waals surface area contributed by atoms with Crippen LogP contribution >= 0.6 is 11.8 Å². The molecule has 92 valence electrons. The van der Waals surface area contributed by atoms with Crippen molar-refractivity contribution in [3.63, 3.8) is 0 Å². The van der Waals surface area contributed by atoms with E-state index >= 15 is 0 Å². The third-order valence-electron chi connectivity index (χ3n) is 1.99. The molecule has 0 bridgehead atoms. The minimum absolute atomic E-state index is 0.247. The molecule has 0 spiro atoms. The summed E-state index contributed by atoms with van der Waals surface area (Å²) < 4.78 is 0. The highest BCUT2D eigenvalue weighted by atomic mass is 32.2. The fourth-order valence-corrected chi connectivity index (χ4v) is 2.00. The molecule has 0 aliphatic heterocycles. The van der Waals surface area contributed by atoms with E-state index in [4.69, 9.17) is 0 Å². The Morgan fingerprint density at radius 3 is 2.78 bits per heavy atom. The van der Waals surface area contributed by atoms with E-state index in [9.17, 15) is 20.0 Å².